The van der Waals surface area contributed by atoms with Gasteiger partial charge in [-0.3, -0.25) is 9.79 Å². The van der Waals surface area contributed by atoms with Crippen molar-refractivity contribution in [3.05, 3.63) is 54.3 Å². The smallest absolute Gasteiger partial charge is 0.250 e. The van der Waals surface area contributed by atoms with Crippen molar-refractivity contribution in [1.29, 1.82) is 0 Å². The first-order chi connectivity index (χ1) is 12.0. The monoisotopic (exact) mass is 359 g/mol. The van der Waals surface area contributed by atoms with Crippen molar-refractivity contribution in [2.24, 2.45) is 10.7 Å². The van der Waals surface area contributed by atoms with Crippen molar-refractivity contribution < 1.29 is 9.53 Å². The Bertz CT molecular complexity index is 700. The number of ether oxygens (including phenoxy) is 1. The number of carbonyl (C=O) groups is 1. The fourth-order valence-corrected chi connectivity index (χ4v) is 3.70. The Morgan fingerprint density at radius 3 is 2.96 bits per heavy atom. The topological polar surface area (TPSA) is 67.9 Å². The Morgan fingerprint density at radius 1 is 1.48 bits per heavy atom. The summed E-state index contributed by atoms with van der Waals surface area (Å²) in [5.41, 5.74) is 7.51. The van der Waals surface area contributed by atoms with E-state index in [1.54, 1.807) is 35.9 Å². The fourth-order valence-electron chi connectivity index (χ4n) is 2.72. The number of carbonyl (C=O) groups excluding carboxylic acids is 1. The molecule has 0 saturated carbocycles. The van der Waals surface area contributed by atoms with Gasteiger partial charge < -0.3 is 15.4 Å². The van der Waals surface area contributed by atoms with Crippen LogP contribution in [0.15, 0.2) is 53.7 Å². The van der Waals surface area contributed by atoms with Gasteiger partial charge in [0.05, 0.1) is 18.9 Å². The number of amidine groups is 1. The standard InChI is InChI=1S/C19H25N3O2S/c1-4-22(17(23)10-5-6-12-24-3)16-9-7-8-15(14-16)19(2)11-13-25-18(20)21-19/h5-10,12,14H,4,11,13H2,1-3H3,(H2,20,21)/b10-5+,12-6-. The van der Waals surface area contributed by atoms with E-state index < -0.39 is 0 Å². The number of rotatable bonds is 6. The molecule has 6 heteroatoms. The van der Waals surface area contributed by atoms with Crippen LogP contribution in [0.2, 0.25) is 0 Å². The first kappa shape index (κ1) is 19.1. The van der Waals surface area contributed by atoms with Crippen LogP contribution in [0.1, 0.15) is 25.8 Å². The van der Waals surface area contributed by atoms with E-state index in [9.17, 15) is 4.79 Å². The van der Waals surface area contributed by atoms with E-state index in [-0.39, 0.29) is 11.4 Å². The van der Waals surface area contributed by atoms with E-state index in [0.717, 1.165) is 23.4 Å². The summed E-state index contributed by atoms with van der Waals surface area (Å²) in [5.74, 6) is 0.869. The highest BCUT2D eigenvalue weighted by atomic mass is 32.2. The minimum atomic E-state index is -0.342. The summed E-state index contributed by atoms with van der Waals surface area (Å²) in [4.78, 5) is 18.8. The third kappa shape index (κ3) is 4.89. The highest BCUT2D eigenvalue weighted by molar-refractivity contribution is 8.13. The van der Waals surface area contributed by atoms with Crippen LogP contribution in [0, 0.1) is 0 Å². The molecule has 2 rings (SSSR count). The molecule has 0 aliphatic carbocycles. The fraction of sp³-hybridized carbons (Fsp3) is 0.368. The molecule has 2 N–H and O–H groups in total. The zero-order chi connectivity index (χ0) is 18.3. The van der Waals surface area contributed by atoms with Gasteiger partial charge in [-0.25, -0.2) is 0 Å². The van der Waals surface area contributed by atoms with Gasteiger partial charge in [0.1, 0.15) is 0 Å². The van der Waals surface area contributed by atoms with Crippen LogP contribution in [0.25, 0.3) is 0 Å². The van der Waals surface area contributed by atoms with E-state index in [2.05, 4.69) is 11.9 Å². The van der Waals surface area contributed by atoms with E-state index >= 15 is 0 Å². The third-order valence-electron chi connectivity index (χ3n) is 4.12. The Labute approximate surface area is 153 Å². The largest absolute Gasteiger partial charge is 0.504 e. The molecule has 0 fully saturated rings. The molecule has 5 nitrogen and oxygen atoms in total. The van der Waals surface area contributed by atoms with Crippen molar-refractivity contribution in [2.45, 2.75) is 25.8 Å². The summed E-state index contributed by atoms with van der Waals surface area (Å²) in [7, 11) is 1.57. The Balaban J connectivity index is 2.27. The number of likely N-dealkylation sites (N-methyl/N-ethyl adjacent to an activating group) is 1. The average Bonchev–Trinajstić information content (AvgIpc) is 2.59. The van der Waals surface area contributed by atoms with E-state index in [1.165, 1.54) is 12.3 Å². The average molecular weight is 359 g/mol. The van der Waals surface area contributed by atoms with Gasteiger partial charge in [0, 0.05) is 24.1 Å². The molecule has 1 heterocycles. The molecule has 1 amide bonds. The molecular weight excluding hydrogens is 334 g/mol. The lowest BCUT2D eigenvalue weighted by Crippen LogP contribution is -2.31. The lowest BCUT2D eigenvalue weighted by molar-refractivity contribution is -0.114. The van der Waals surface area contributed by atoms with E-state index in [4.69, 9.17) is 10.5 Å². The predicted octanol–water partition coefficient (Wildman–Crippen LogP) is 3.42. The van der Waals surface area contributed by atoms with Crippen LogP contribution in [-0.2, 0) is 15.1 Å². The lowest BCUT2D eigenvalue weighted by atomic mass is 9.89. The number of nitrogens with zero attached hydrogens (tertiary/aromatic N) is 2. The maximum atomic E-state index is 12.5. The highest BCUT2D eigenvalue weighted by Gasteiger charge is 2.30. The van der Waals surface area contributed by atoms with Crippen LogP contribution in [0.4, 0.5) is 5.69 Å². The molecule has 25 heavy (non-hydrogen) atoms. The number of nitrogens with two attached hydrogens (primary N) is 1. The number of aliphatic imine (C=N–C) groups is 1. The van der Waals surface area contributed by atoms with Crippen LogP contribution in [0.3, 0.4) is 0 Å². The Hall–Kier alpha value is -2.21. The molecule has 0 bridgehead atoms. The van der Waals surface area contributed by atoms with Crippen molar-refractivity contribution >= 4 is 28.5 Å². The van der Waals surface area contributed by atoms with E-state index in [1.807, 2.05) is 31.2 Å². The Kier molecular flexibility index (Phi) is 6.70. The molecule has 0 radical (unpaired) electrons. The quantitative estimate of drug-likeness (QED) is 0.480. The Morgan fingerprint density at radius 2 is 2.28 bits per heavy atom. The summed E-state index contributed by atoms with van der Waals surface area (Å²) in [5, 5.41) is 0.621. The maximum absolute atomic E-state index is 12.5. The molecule has 134 valence electrons. The number of hydrogen-bond donors (Lipinski definition) is 1. The highest BCUT2D eigenvalue weighted by Crippen LogP contribution is 2.36. The zero-order valence-electron chi connectivity index (χ0n) is 14.9. The molecule has 1 unspecified atom stereocenters. The molecular formula is C19H25N3O2S. The number of hydrogen-bond acceptors (Lipinski definition) is 5. The second-order valence-corrected chi connectivity index (χ2v) is 6.99. The van der Waals surface area contributed by atoms with Gasteiger partial charge in [-0.2, -0.15) is 0 Å². The van der Waals surface area contributed by atoms with Crippen LogP contribution in [-0.4, -0.2) is 30.5 Å². The van der Waals surface area contributed by atoms with Gasteiger partial charge in [0.25, 0.3) is 5.91 Å². The second kappa shape index (κ2) is 8.76. The number of amides is 1. The third-order valence-corrected chi connectivity index (χ3v) is 4.92. The molecule has 0 spiro atoms. The van der Waals surface area contributed by atoms with Crippen molar-refractivity contribution in [3.8, 4) is 0 Å². The number of methoxy groups -OCH3 is 1. The van der Waals surface area contributed by atoms with E-state index in [0.29, 0.717) is 11.7 Å². The SMILES string of the molecule is CCN(C(=O)/C=C/C=C\OC)c1cccc(C2(C)CCSC(N)=N2)c1. The normalized spacial score (nSPS) is 20.7. The van der Waals surface area contributed by atoms with Crippen LogP contribution in [0.5, 0.6) is 0 Å². The van der Waals surface area contributed by atoms with Crippen molar-refractivity contribution in [2.75, 3.05) is 24.3 Å². The van der Waals surface area contributed by atoms with Crippen molar-refractivity contribution in [3.63, 3.8) is 0 Å². The molecule has 1 aromatic rings. The number of anilines is 1. The maximum Gasteiger partial charge on any atom is 0.250 e. The molecule has 0 aromatic heterocycles. The zero-order valence-corrected chi connectivity index (χ0v) is 15.8. The molecule has 1 aliphatic heterocycles. The van der Waals surface area contributed by atoms with Crippen molar-refractivity contribution in [1.82, 2.24) is 0 Å². The summed E-state index contributed by atoms with van der Waals surface area (Å²) in [6.07, 6.45) is 7.32. The second-order valence-electron chi connectivity index (χ2n) is 5.88. The predicted molar refractivity (Wildman–Crippen MR) is 106 cm³/mol. The summed E-state index contributed by atoms with van der Waals surface area (Å²) < 4.78 is 4.82. The van der Waals surface area contributed by atoms with Gasteiger partial charge in [-0.15, -0.1) is 0 Å². The molecule has 1 atom stereocenters. The summed E-state index contributed by atoms with van der Waals surface area (Å²) >= 11 is 1.59. The van der Waals surface area contributed by atoms with Gasteiger partial charge in [0.2, 0.25) is 0 Å². The first-order valence-corrected chi connectivity index (χ1v) is 9.25. The van der Waals surface area contributed by atoms with Gasteiger partial charge in [-0.05, 0) is 44.0 Å². The van der Waals surface area contributed by atoms with Crippen LogP contribution < -0.4 is 10.6 Å². The lowest BCUT2D eigenvalue weighted by Gasteiger charge is -2.31. The van der Waals surface area contributed by atoms with Gasteiger partial charge in [-0.1, -0.05) is 30.0 Å². The van der Waals surface area contributed by atoms with Gasteiger partial charge >= 0.3 is 0 Å². The summed E-state index contributed by atoms with van der Waals surface area (Å²) in [6.45, 7) is 4.63. The molecule has 1 aromatic carbocycles. The van der Waals surface area contributed by atoms with Gasteiger partial charge in [0.15, 0.2) is 5.17 Å². The molecule has 0 saturated heterocycles. The number of thioether (sulfide) groups is 1. The molecule has 1 aliphatic rings. The van der Waals surface area contributed by atoms with Crippen LogP contribution >= 0.6 is 11.8 Å². The summed E-state index contributed by atoms with van der Waals surface area (Å²) in [6, 6.07) is 7.99. The minimum Gasteiger partial charge on any atom is -0.504 e. The minimum absolute atomic E-state index is 0.0761. The number of benzene rings is 1. The number of allylic oxidation sites excluding steroid dienone is 2. The first-order valence-electron chi connectivity index (χ1n) is 8.26.